The number of carbonyl (C=O) groups excluding carboxylic acids is 1. The van der Waals surface area contributed by atoms with E-state index in [1.54, 1.807) is 15.9 Å². The van der Waals surface area contributed by atoms with Crippen LogP contribution < -0.4 is 10.9 Å². The molecule has 2 aromatic heterocycles. The van der Waals surface area contributed by atoms with E-state index >= 15 is 0 Å². The molecule has 0 spiro atoms. The van der Waals surface area contributed by atoms with Gasteiger partial charge in [0.2, 0.25) is 5.91 Å². The van der Waals surface area contributed by atoms with Crippen LogP contribution in [0.15, 0.2) is 64.5 Å². The van der Waals surface area contributed by atoms with Crippen LogP contribution in [-0.2, 0) is 30.6 Å². The highest BCUT2D eigenvalue weighted by molar-refractivity contribution is 7.99. The number of nitrogens with one attached hydrogen (secondary N) is 1. The summed E-state index contributed by atoms with van der Waals surface area (Å²) in [5, 5.41) is 4.41. The summed E-state index contributed by atoms with van der Waals surface area (Å²) >= 11 is 3.00. The molecule has 0 saturated heterocycles. The van der Waals surface area contributed by atoms with Crippen molar-refractivity contribution in [2.24, 2.45) is 11.3 Å². The van der Waals surface area contributed by atoms with Crippen LogP contribution in [0, 0.1) is 11.3 Å². The van der Waals surface area contributed by atoms with Crippen LogP contribution in [0.5, 0.6) is 0 Å². The van der Waals surface area contributed by atoms with E-state index in [2.05, 4.69) is 33.0 Å². The molecule has 5 rings (SSSR count). The number of carbonyl (C=O) groups is 1. The number of para-hydroxylation sites is 1. The number of anilines is 1. The third-order valence-electron chi connectivity index (χ3n) is 7.55. The molecule has 5 nitrogen and oxygen atoms in total. The van der Waals surface area contributed by atoms with Gasteiger partial charge in [0, 0.05) is 10.6 Å². The first-order valence-electron chi connectivity index (χ1n) is 13.3. The van der Waals surface area contributed by atoms with E-state index < -0.39 is 0 Å². The summed E-state index contributed by atoms with van der Waals surface area (Å²) in [4.78, 5) is 34.0. The zero-order chi connectivity index (χ0) is 26.9. The third-order valence-corrected chi connectivity index (χ3v) is 9.67. The summed E-state index contributed by atoms with van der Waals surface area (Å²) in [6.07, 6.45) is 3.86. The number of hydrogen-bond donors (Lipinski definition) is 1. The number of amides is 1. The van der Waals surface area contributed by atoms with Gasteiger partial charge in [-0.2, -0.15) is 0 Å². The van der Waals surface area contributed by atoms with Gasteiger partial charge in [0.05, 0.1) is 17.7 Å². The van der Waals surface area contributed by atoms with Crippen LogP contribution in [0.3, 0.4) is 0 Å². The van der Waals surface area contributed by atoms with E-state index in [0.29, 0.717) is 17.6 Å². The molecule has 198 valence electrons. The lowest BCUT2D eigenvalue weighted by Crippen LogP contribution is -2.28. The van der Waals surface area contributed by atoms with Crippen molar-refractivity contribution in [3.63, 3.8) is 0 Å². The summed E-state index contributed by atoms with van der Waals surface area (Å²) in [7, 11) is 0. The smallest absolute Gasteiger partial charge is 0.263 e. The molecule has 0 aliphatic heterocycles. The Balaban J connectivity index is 1.48. The van der Waals surface area contributed by atoms with Crippen LogP contribution >= 0.6 is 23.1 Å². The molecule has 0 radical (unpaired) electrons. The SMILES string of the molecule is CCc1ccccc1NC(=O)CSc1nc2sc3c(c2c(=O)n1Cc1ccccc1)CCC(C(C)(C)C)C3. The highest BCUT2D eigenvalue weighted by Gasteiger charge is 2.32. The minimum absolute atomic E-state index is 0.00444. The van der Waals surface area contributed by atoms with Crippen LogP contribution in [0.4, 0.5) is 5.69 Å². The molecule has 1 atom stereocenters. The van der Waals surface area contributed by atoms with Crippen LogP contribution in [0.25, 0.3) is 10.2 Å². The second kappa shape index (κ2) is 11.1. The number of thioether (sulfide) groups is 1. The monoisotopic (exact) mass is 545 g/mol. The Morgan fingerprint density at radius 1 is 1.13 bits per heavy atom. The van der Waals surface area contributed by atoms with Crippen LogP contribution in [0.1, 0.15) is 55.7 Å². The van der Waals surface area contributed by atoms with Crippen molar-refractivity contribution in [3.05, 3.63) is 86.5 Å². The largest absolute Gasteiger partial charge is 0.325 e. The first-order chi connectivity index (χ1) is 18.2. The summed E-state index contributed by atoms with van der Waals surface area (Å²) < 4.78 is 1.76. The fourth-order valence-corrected chi connectivity index (χ4v) is 7.40. The number of hydrogen-bond acceptors (Lipinski definition) is 5. The molecule has 0 bridgehead atoms. The van der Waals surface area contributed by atoms with Crippen molar-refractivity contribution in [2.75, 3.05) is 11.1 Å². The molecule has 2 heterocycles. The fourth-order valence-electron chi connectivity index (χ4n) is 5.26. The van der Waals surface area contributed by atoms with E-state index in [9.17, 15) is 9.59 Å². The van der Waals surface area contributed by atoms with E-state index in [4.69, 9.17) is 4.98 Å². The molecule has 1 unspecified atom stereocenters. The number of fused-ring (bicyclic) bond motifs is 3. The number of benzene rings is 2. The third kappa shape index (κ3) is 5.59. The van der Waals surface area contributed by atoms with Gasteiger partial charge in [-0.15, -0.1) is 11.3 Å². The maximum Gasteiger partial charge on any atom is 0.263 e. The predicted molar refractivity (Wildman–Crippen MR) is 160 cm³/mol. The van der Waals surface area contributed by atoms with Gasteiger partial charge in [-0.05, 0) is 59.8 Å². The molecule has 1 aliphatic carbocycles. The molecule has 38 heavy (non-hydrogen) atoms. The van der Waals surface area contributed by atoms with Gasteiger partial charge in [-0.25, -0.2) is 4.98 Å². The maximum atomic E-state index is 14.0. The standard InChI is InChI=1S/C31H35N3O2S2/c1-5-21-13-9-10-14-24(21)32-26(35)19-37-30-33-28-27(29(36)34(30)18-20-11-7-6-8-12-20)23-16-15-22(31(2,3)4)17-25(23)38-28/h6-14,22H,5,15-19H2,1-4H3,(H,32,35). The van der Waals surface area contributed by atoms with Gasteiger partial charge in [-0.1, -0.05) is 88.0 Å². The molecular weight excluding hydrogens is 510 g/mol. The van der Waals surface area contributed by atoms with Gasteiger partial charge in [0.15, 0.2) is 5.16 Å². The average molecular weight is 546 g/mol. The Bertz CT molecular complexity index is 1520. The first-order valence-corrected chi connectivity index (χ1v) is 15.1. The zero-order valence-electron chi connectivity index (χ0n) is 22.5. The number of aromatic nitrogens is 2. The normalized spacial score (nSPS) is 15.4. The molecular formula is C31H35N3O2S2. The quantitative estimate of drug-likeness (QED) is 0.202. The highest BCUT2D eigenvalue weighted by Crippen LogP contribution is 2.42. The average Bonchev–Trinajstić information content (AvgIpc) is 3.27. The molecule has 0 fully saturated rings. The van der Waals surface area contributed by atoms with E-state index in [-0.39, 0.29) is 22.6 Å². The first kappa shape index (κ1) is 26.7. The van der Waals surface area contributed by atoms with Crippen molar-refractivity contribution >= 4 is 44.9 Å². The van der Waals surface area contributed by atoms with E-state index in [0.717, 1.165) is 52.7 Å². The number of rotatable bonds is 7. The van der Waals surface area contributed by atoms with Gasteiger partial charge < -0.3 is 5.32 Å². The second-order valence-electron chi connectivity index (χ2n) is 11.1. The van der Waals surface area contributed by atoms with Gasteiger partial charge >= 0.3 is 0 Å². The van der Waals surface area contributed by atoms with E-state index in [1.165, 1.54) is 22.2 Å². The zero-order valence-corrected chi connectivity index (χ0v) is 24.2. The summed E-state index contributed by atoms with van der Waals surface area (Å²) in [6.45, 7) is 9.42. The molecule has 1 N–H and O–H groups in total. The molecule has 7 heteroatoms. The predicted octanol–water partition coefficient (Wildman–Crippen LogP) is 6.95. The fraction of sp³-hybridized carbons (Fsp3) is 0.387. The Kier molecular flexibility index (Phi) is 7.78. The summed E-state index contributed by atoms with van der Waals surface area (Å²) in [6, 6.07) is 17.9. The van der Waals surface area contributed by atoms with E-state index in [1.807, 2.05) is 54.6 Å². The lowest BCUT2D eigenvalue weighted by Gasteiger charge is -2.33. The van der Waals surface area contributed by atoms with Crippen molar-refractivity contribution in [1.82, 2.24) is 9.55 Å². The molecule has 4 aromatic rings. The Morgan fingerprint density at radius 3 is 2.61 bits per heavy atom. The lowest BCUT2D eigenvalue weighted by atomic mass is 9.72. The van der Waals surface area contributed by atoms with Gasteiger partial charge in [0.25, 0.3) is 5.56 Å². The minimum atomic E-state index is -0.102. The van der Waals surface area contributed by atoms with Crippen molar-refractivity contribution in [3.8, 4) is 0 Å². The number of nitrogens with zero attached hydrogens (tertiary/aromatic N) is 2. The van der Waals surface area contributed by atoms with Crippen LogP contribution in [0.2, 0.25) is 0 Å². The van der Waals surface area contributed by atoms with Crippen molar-refractivity contribution < 1.29 is 4.79 Å². The second-order valence-corrected chi connectivity index (χ2v) is 13.1. The van der Waals surface area contributed by atoms with Gasteiger partial charge in [0.1, 0.15) is 4.83 Å². The minimum Gasteiger partial charge on any atom is -0.325 e. The van der Waals surface area contributed by atoms with Crippen LogP contribution in [-0.4, -0.2) is 21.2 Å². The molecule has 1 amide bonds. The summed E-state index contributed by atoms with van der Waals surface area (Å²) in [5.74, 6) is 0.676. The molecule has 0 saturated carbocycles. The lowest BCUT2D eigenvalue weighted by molar-refractivity contribution is -0.113. The van der Waals surface area contributed by atoms with Crippen molar-refractivity contribution in [1.29, 1.82) is 0 Å². The number of thiophene rings is 1. The topological polar surface area (TPSA) is 64.0 Å². The maximum absolute atomic E-state index is 14.0. The van der Waals surface area contributed by atoms with Crippen molar-refractivity contribution in [2.45, 2.75) is 65.1 Å². The Morgan fingerprint density at radius 2 is 1.87 bits per heavy atom. The molecule has 1 aliphatic rings. The van der Waals surface area contributed by atoms with Gasteiger partial charge in [-0.3, -0.25) is 14.2 Å². The Labute approximate surface area is 232 Å². The Hall–Kier alpha value is -2.90. The molecule has 2 aromatic carbocycles. The summed E-state index contributed by atoms with van der Waals surface area (Å²) in [5.41, 5.74) is 4.41. The number of aryl methyl sites for hydroxylation is 2. The highest BCUT2D eigenvalue weighted by atomic mass is 32.2.